The quantitative estimate of drug-likeness (QED) is 0.793. The molecule has 16 heavy (non-hydrogen) atoms. The van der Waals surface area contributed by atoms with E-state index in [1.807, 2.05) is 13.0 Å². The fourth-order valence-corrected chi connectivity index (χ4v) is 1.92. The minimum absolute atomic E-state index is 0.0143. The van der Waals surface area contributed by atoms with Crippen molar-refractivity contribution in [3.63, 3.8) is 0 Å². The van der Waals surface area contributed by atoms with Gasteiger partial charge in [0.25, 0.3) is 0 Å². The molecule has 0 fully saturated rings. The average Bonchev–Trinajstić information content (AvgIpc) is 2.23. The summed E-state index contributed by atoms with van der Waals surface area (Å²) in [4.78, 5) is 14.9. The highest BCUT2D eigenvalue weighted by atomic mass is 35.5. The van der Waals surface area contributed by atoms with Crippen LogP contribution >= 0.6 is 23.2 Å². The minimum atomic E-state index is -1.10. The highest BCUT2D eigenvalue weighted by Gasteiger charge is 2.13. The fourth-order valence-electron chi connectivity index (χ4n) is 1.49. The molecule has 2 aromatic rings. The van der Waals surface area contributed by atoms with E-state index in [1.165, 1.54) is 6.07 Å². The monoisotopic (exact) mass is 255 g/mol. The summed E-state index contributed by atoms with van der Waals surface area (Å²) < 4.78 is 0. The van der Waals surface area contributed by atoms with Gasteiger partial charge in [0.2, 0.25) is 0 Å². The second-order valence-corrected chi connectivity index (χ2v) is 4.16. The maximum absolute atomic E-state index is 10.9. The Balaban J connectivity index is 2.89. The summed E-state index contributed by atoms with van der Waals surface area (Å²) >= 11 is 11.7. The summed E-state index contributed by atoms with van der Waals surface area (Å²) in [5.41, 5.74) is 1.42. The van der Waals surface area contributed by atoms with Gasteiger partial charge in [-0.2, -0.15) is 0 Å². The number of carboxylic acids is 1. The Bertz CT molecular complexity index is 596. The topological polar surface area (TPSA) is 50.2 Å². The van der Waals surface area contributed by atoms with Crippen molar-refractivity contribution in [3.05, 3.63) is 39.5 Å². The number of aromatic nitrogens is 1. The van der Waals surface area contributed by atoms with Crippen LogP contribution in [0.4, 0.5) is 0 Å². The van der Waals surface area contributed by atoms with Crippen molar-refractivity contribution in [1.29, 1.82) is 0 Å². The smallest absolute Gasteiger partial charge is 0.338 e. The van der Waals surface area contributed by atoms with E-state index in [0.29, 0.717) is 15.9 Å². The lowest BCUT2D eigenvalue weighted by molar-refractivity contribution is 0.0697. The molecule has 3 nitrogen and oxygen atoms in total. The molecule has 82 valence electrons. The molecule has 0 unspecified atom stereocenters. The summed E-state index contributed by atoms with van der Waals surface area (Å²) in [5.74, 6) is -1.10. The van der Waals surface area contributed by atoms with Crippen LogP contribution in [0, 0.1) is 6.92 Å². The van der Waals surface area contributed by atoms with Crippen LogP contribution in [-0.2, 0) is 0 Å². The number of aromatic carboxylic acids is 1. The molecule has 0 radical (unpaired) electrons. The van der Waals surface area contributed by atoms with Gasteiger partial charge in [0.15, 0.2) is 0 Å². The molecule has 0 atom stereocenters. The number of fused-ring (bicyclic) bond motifs is 1. The third-order valence-corrected chi connectivity index (χ3v) is 2.93. The van der Waals surface area contributed by atoms with Crippen LogP contribution in [0.15, 0.2) is 18.2 Å². The zero-order valence-electron chi connectivity index (χ0n) is 8.29. The summed E-state index contributed by atoms with van der Waals surface area (Å²) in [7, 11) is 0. The van der Waals surface area contributed by atoms with E-state index in [0.717, 1.165) is 5.56 Å². The zero-order valence-corrected chi connectivity index (χ0v) is 9.80. The number of aryl methyl sites for hydroxylation is 1. The van der Waals surface area contributed by atoms with Crippen LogP contribution in [0.25, 0.3) is 10.9 Å². The second kappa shape index (κ2) is 3.92. The molecule has 2 rings (SSSR count). The molecule has 0 spiro atoms. The summed E-state index contributed by atoms with van der Waals surface area (Å²) in [6, 6.07) is 5.02. The number of pyridine rings is 1. The van der Waals surface area contributed by atoms with Crippen molar-refractivity contribution in [2.24, 2.45) is 0 Å². The number of rotatable bonds is 1. The third kappa shape index (κ3) is 1.72. The lowest BCUT2D eigenvalue weighted by Crippen LogP contribution is -2.00. The number of carbonyl (C=O) groups is 1. The highest BCUT2D eigenvalue weighted by Crippen LogP contribution is 2.28. The molecule has 0 saturated heterocycles. The first-order chi connectivity index (χ1) is 7.50. The van der Waals surface area contributed by atoms with E-state index in [2.05, 4.69) is 4.98 Å². The van der Waals surface area contributed by atoms with Crippen molar-refractivity contribution in [2.75, 3.05) is 0 Å². The standard InChI is InChI=1S/C11H7Cl2NO2/c1-5-2-3-8(12)9-6(5)4-7(11(15)16)10(13)14-9/h2-4H,1H3,(H,15,16). The molecule has 5 heteroatoms. The van der Waals surface area contributed by atoms with Gasteiger partial charge >= 0.3 is 5.97 Å². The summed E-state index contributed by atoms with van der Waals surface area (Å²) in [6.07, 6.45) is 0. The molecule has 0 aliphatic heterocycles. The first-order valence-corrected chi connectivity index (χ1v) is 5.25. The van der Waals surface area contributed by atoms with Crippen molar-refractivity contribution in [2.45, 2.75) is 6.92 Å². The maximum Gasteiger partial charge on any atom is 0.338 e. The number of halogens is 2. The predicted octanol–water partition coefficient (Wildman–Crippen LogP) is 3.55. The Labute approximate surface area is 102 Å². The molecule has 1 aromatic heterocycles. The van der Waals surface area contributed by atoms with Gasteiger partial charge in [-0.3, -0.25) is 0 Å². The summed E-state index contributed by atoms with van der Waals surface area (Å²) in [6.45, 7) is 1.86. The number of hydrogen-bond acceptors (Lipinski definition) is 2. The first-order valence-electron chi connectivity index (χ1n) is 4.49. The second-order valence-electron chi connectivity index (χ2n) is 3.39. The van der Waals surface area contributed by atoms with Gasteiger partial charge in [0.1, 0.15) is 5.15 Å². The van der Waals surface area contributed by atoms with Crippen LogP contribution in [-0.4, -0.2) is 16.1 Å². The Morgan fingerprint density at radius 1 is 1.38 bits per heavy atom. The van der Waals surface area contributed by atoms with Crippen molar-refractivity contribution < 1.29 is 9.90 Å². The molecule has 1 aromatic carbocycles. The zero-order chi connectivity index (χ0) is 11.9. The fraction of sp³-hybridized carbons (Fsp3) is 0.0909. The Morgan fingerprint density at radius 3 is 2.69 bits per heavy atom. The highest BCUT2D eigenvalue weighted by molar-refractivity contribution is 6.36. The number of carboxylic acid groups (broad SMARTS) is 1. The van der Waals surface area contributed by atoms with Gasteiger partial charge in [0.05, 0.1) is 16.1 Å². The Morgan fingerprint density at radius 2 is 2.06 bits per heavy atom. The van der Waals surface area contributed by atoms with Crippen LogP contribution in [0.2, 0.25) is 10.2 Å². The van der Waals surface area contributed by atoms with E-state index < -0.39 is 5.97 Å². The van der Waals surface area contributed by atoms with Gasteiger partial charge in [-0.25, -0.2) is 9.78 Å². The minimum Gasteiger partial charge on any atom is -0.478 e. The lowest BCUT2D eigenvalue weighted by atomic mass is 10.1. The average molecular weight is 256 g/mol. The van der Waals surface area contributed by atoms with Gasteiger partial charge < -0.3 is 5.11 Å². The SMILES string of the molecule is Cc1ccc(Cl)c2nc(Cl)c(C(=O)O)cc12. The van der Waals surface area contributed by atoms with Gasteiger partial charge in [0, 0.05) is 5.39 Å². The molecular formula is C11H7Cl2NO2. The lowest BCUT2D eigenvalue weighted by Gasteiger charge is -2.06. The van der Waals surface area contributed by atoms with Crippen LogP contribution in [0.1, 0.15) is 15.9 Å². The van der Waals surface area contributed by atoms with Crippen LogP contribution in [0.5, 0.6) is 0 Å². The largest absolute Gasteiger partial charge is 0.478 e. The number of nitrogens with zero attached hydrogens (tertiary/aromatic N) is 1. The van der Waals surface area contributed by atoms with Gasteiger partial charge in [-0.1, -0.05) is 29.3 Å². The predicted molar refractivity (Wildman–Crippen MR) is 63.5 cm³/mol. The van der Waals surface area contributed by atoms with E-state index in [9.17, 15) is 4.79 Å². The Kier molecular flexibility index (Phi) is 2.74. The molecule has 1 heterocycles. The van der Waals surface area contributed by atoms with Crippen LogP contribution < -0.4 is 0 Å². The van der Waals surface area contributed by atoms with E-state index >= 15 is 0 Å². The molecule has 0 amide bonds. The molecular weight excluding hydrogens is 249 g/mol. The van der Waals surface area contributed by atoms with E-state index in [1.54, 1.807) is 6.07 Å². The number of benzene rings is 1. The molecule has 0 aliphatic carbocycles. The molecule has 1 N–H and O–H groups in total. The third-order valence-electron chi connectivity index (χ3n) is 2.34. The van der Waals surface area contributed by atoms with Crippen molar-refractivity contribution in [1.82, 2.24) is 4.98 Å². The van der Waals surface area contributed by atoms with Crippen molar-refractivity contribution in [3.8, 4) is 0 Å². The van der Waals surface area contributed by atoms with Crippen molar-refractivity contribution >= 4 is 40.1 Å². The van der Waals surface area contributed by atoms with Gasteiger partial charge in [-0.15, -0.1) is 0 Å². The molecule has 0 bridgehead atoms. The maximum atomic E-state index is 10.9. The van der Waals surface area contributed by atoms with E-state index in [4.69, 9.17) is 28.3 Å². The molecule has 0 aliphatic rings. The molecule has 0 saturated carbocycles. The van der Waals surface area contributed by atoms with E-state index in [-0.39, 0.29) is 10.7 Å². The van der Waals surface area contributed by atoms with Crippen LogP contribution in [0.3, 0.4) is 0 Å². The van der Waals surface area contributed by atoms with Gasteiger partial charge in [-0.05, 0) is 24.6 Å². The normalized spacial score (nSPS) is 10.7. The summed E-state index contributed by atoms with van der Waals surface area (Å²) in [5, 5.41) is 10.0. The number of hydrogen-bond donors (Lipinski definition) is 1. The first kappa shape index (κ1) is 11.2. The Hall–Kier alpha value is -1.32.